The van der Waals surface area contributed by atoms with E-state index in [1.165, 1.54) is 6.07 Å². The van der Waals surface area contributed by atoms with Gasteiger partial charge in [0.25, 0.3) is 5.89 Å². The summed E-state index contributed by atoms with van der Waals surface area (Å²) in [4.78, 5) is 4.32. The smallest absolute Gasteiger partial charge is 0.260 e. The molecule has 0 bridgehead atoms. The van der Waals surface area contributed by atoms with Crippen LogP contribution < -0.4 is 5.73 Å². The lowest BCUT2D eigenvalue weighted by molar-refractivity contribution is 0.432. The van der Waals surface area contributed by atoms with Gasteiger partial charge in [-0.2, -0.15) is 4.98 Å². The van der Waals surface area contributed by atoms with Crippen LogP contribution in [0.1, 0.15) is 5.56 Å². The molecule has 3 rings (SSSR count). The first kappa shape index (κ1) is 13.8. The van der Waals surface area contributed by atoms with Crippen molar-refractivity contribution in [1.82, 2.24) is 10.1 Å². The number of nitrogens with two attached hydrogens (primary N) is 1. The third kappa shape index (κ3) is 2.67. The van der Waals surface area contributed by atoms with Crippen LogP contribution >= 0.6 is 15.9 Å². The molecular weight excluding hydrogens is 337 g/mol. The Balaban J connectivity index is 2.03. The highest BCUT2D eigenvalue weighted by atomic mass is 79.9. The summed E-state index contributed by atoms with van der Waals surface area (Å²) >= 11 is 3.14. The zero-order chi connectivity index (χ0) is 15.0. The Kier molecular flexibility index (Phi) is 3.47. The molecule has 0 aliphatic carbocycles. The first-order valence-electron chi connectivity index (χ1n) is 6.20. The minimum absolute atomic E-state index is 0.339. The van der Waals surface area contributed by atoms with Gasteiger partial charge in [-0.1, -0.05) is 16.8 Å². The van der Waals surface area contributed by atoms with E-state index in [-0.39, 0.29) is 5.82 Å². The summed E-state index contributed by atoms with van der Waals surface area (Å²) in [6.07, 6.45) is 0. The average molecular weight is 348 g/mol. The third-order valence-corrected chi connectivity index (χ3v) is 3.65. The van der Waals surface area contributed by atoms with Gasteiger partial charge in [0.2, 0.25) is 5.82 Å². The van der Waals surface area contributed by atoms with Gasteiger partial charge in [0.05, 0.1) is 10.0 Å². The molecule has 6 heteroatoms. The number of hydrogen-bond donors (Lipinski definition) is 1. The van der Waals surface area contributed by atoms with Crippen LogP contribution in [0.2, 0.25) is 0 Å². The molecule has 21 heavy (non-hydrogen) atoms. The van der Waals surface area contributed by atoms with Crippen LogP contribution in [0, 0.1) is 12.7 Å². The number of nitrogen functional groups attached to an aromatic ring is 1. The molecule has 4 nitrogen and oxygen atoms in total. The van der Waals surface area contributed by atoms with E-state index in [1.807, 2.05) is 19.1 Å². The standard InChI is InChI=1S/C15H11BrFN3O/c1-8-2-5-13(18)10(6-8)15-19-14(20-21-15)9-3-4-12(17)11(16)7-9/h2-7H,18H2,1H3. The predicted octanol–water partition coefficient (Wildman–Crippen LogP) is 4.20. The molecule has 2 aromatic carbocycles. The predicted molar refractivity (Wildman–Crippen MR) is 82.0 cm³/mol. The number of anilines is 1. The quantitative estimate of drug-likeness (QED) is 0.705. The molecule has 0 fully saturated rings. The Bertz CT molecular complexity index is 816. The molecule has 0 aliphatic heterocycles. The topological polar surface area (TPSA) is 64.9 Å². The molecule has 3 aromatic rings. The zero-order valence-electron chi connectivity index (χ0n) is 11.1. The van der Waals surface area contributed by atoms with Gasteiger partial charge >= 0.3 is 0 Å². The van der Waals surface area contributed by atoms with Crippen LogP contribution in [-0.4, -0.2) is 10.1 Å². The molecule has 0 saturated heterocycles. The second-order valence-corrected chi connectivity index (χ2v) is 5.50. The van der Waals surface area contributed by atoms with Gasteiger partial charge in [0, 0.05) is 11.3 Å². The summed E-state index contributed by atoms with van der Waals surface area (Å²) in [5.41, 5.74) is 8.89. The second-order valence-electron chi connectivity index (χ2n) is 4.64. The Labute approximate surface area is 128 Å². The number of aryl methyl sites for hydroxylation is 1. The summed E-state index contributed by atoms with van der Waals surface area (Å²) in [5.74, 6) is 0.378. The van der Waals surface area contributed by atoms with Crippen molar-refractivity contribution >= 4 is 21.6 Å². The van der Waals surface area contributed by atoms with Gasteiger partial charge < -0.3 is 10.3 Å². The fourth-order valence-corrected chi connectivity index (χ4v) is 2.32. The third-order valence-electron chi connectivity index (χ3n) is 3.04. The minimum Gasteiger partial charge on any atom is -0.398 e. The minimum atomic E-state index is -0.342. The fraction of sp³-hybridized carbons (Fsp3) is 0.0667. The number of hydrogen-bond acceptors (Lipinski definition) is 4. The van der Waals surface area contributed by atoms with Crippen LogP contribution in [0.5, 0.6) is 0 Å². The van der Waals surface area contributed by atoms with E-state index in [2.05, 4.69) is 26.1 Å². The number of benzene rings is 2. The highest BCUT2D eigenvalue weighted by Crippen LogP contribution is 2.29. The Morgan fingerprint density at radius 1 is 1.19 bits per heavy atom. The molecule has 0 radical (unpaired) electrons. The maximum absolute atomic E-state index is 13.3. The van der Waals surface area contributed by atoms with Crippen LogP contribution in [-0.2, 0) is 0 Å². The van der Waals surface area contributed by atoms with E-state index in [0.717, 1.165) is 5.56 Å². The Morgan fingerprint density at radius 2 is 2.00 bits per heavy atom. The van der Waals surface area contributed by atoms with Gasteiger partial charge in [0.15, 0.2) is 0 Å². The molecule has 0 unspecified atom stereocenters. The van der Waals surface area contributed by atoms with E-state index in [9.17, 15) is 4.39 Å². The van der Waals surface area contributed by atoms with Crippen molar-refractivity contribution in [1.29, 1.82) is 0 Å². The highest BCUT2D eigenvalue weighted by Gasteiger charge is 2.14. The molecule has 2 N–H and O–H groups in total. The average Bonchev–Trinajstić information content (AvgIpc) is 2.94. The van der Waals surface area contributed by atoms with Crippen LogP contribution in [0.3, 0.4) is 0 Å². The first-order chi connectivity index (χ1) is 10.0. The summed E-state index contributed by atoms with van der Waals surface area (Å²) < 4.78 is 18.9. The lowest BCUT2D eigenvalue weighted by Crippen LogP contribution is -1.91. The van der Waals surface area contributed by atoms with Crippen molar-refractivity contribution in [2.45, 2.75) is 6.92 Å². The Morgan fingerprint density at radius 3 is 2.76 bits per heavy atom. The molecule has 1 aromatic heterocycles. The lowest BCUT2D eigenvalue weighted by atomic mass is 10.1. The fourth-order valence-electron chi connectivity index (χ4n) is 1.94. The van der Waals surface area contributed by atoms with Crippen molar-refractivity contribution in [2.75, 3.05) is 5.73 Å². The van der Waals surface area contributed by atoms with E-state index in [4.69, 9.17) is 10.3 Å². The maximum atomic E-state index is 13.3. The summed E-state index contributed by atoms with van der Waals surface area (Å²) in [6, 6.07) is 10.1. The van der Waals surface area contributed by atoms with Crippen molar-refractivity contribution in [3.05, 3.63) is 52.3 Å². The van der Waals surface area contributed by atoms with E-state index in [0.29, 0.717) is 33.0 Å². The molecule has 0 atom stereocenters. The van der Waals surface area contributed by atoms with E-state index in [1.54, 1.807) is 18.2 Å². The van der Waals surface area contributed by atoms with Crippen molar-refractivity contribution in [3.8, 4) is 22.8 Å². The Hall–Kier alpha value is -2.21. The van der Waals surface area contributed by atoms with E-state index < -0.39 is 0 Å². The first-order valence-corrected chi connectivity index (χ1v) is 6.99. The van der Waals surface area contributed by atoms with Gasteiger partial charge in [0.1, 0.15) is 5.82 Å². The van der Waals surface area contributed by atoms with Crippen molar-refractivity contribution < 1.29 is 8.91 Å². The monoisotopic (exact) mass is 347 g/mol. The van der Waals surface area contributed by atoms with Crippen molar-refractivity contribution in [2.24, 2.45) is 0 Å². The zero-order valence-corrected chi connectivity index (χ0v) is 12.7. The molecule has 106 valence electrons. The molecule has 0 aliphatic rings. The highest BCUT2D eigenvalue weighted by molar-refractivity contribution is 9.10. The summed E-state index contributed by atoms with van der Waals surface area (Å²) in [7, 11) is 0. The lowest BCUT2D eigenvalue weighted by Gasteiger charge is -2.01. The van der Waals surface area contributed by atoms with Gasteiger partial charge in [-0.25, -0.2) is 4.39 Å². The molecular formula is C15H11BrFN3O. The van der Waals surface area contributed by atoms with Crippen LogP contribution in [0.15, 0.2) is 45.4 Å². The molecule has 1 heterocycles. The van der Waals surface area contributed by atoms with Crippen LogP contribution in [0.25, 0.3) is 22.8 Å². The number of nitrogens with zero attached hydrogens (tertiary/aromatic N) is 2. The van der Waals surface area contributed by atoms with Gasteiger partial charge in [-0.3, -0.25) is 0 Å². The number of halogens is 2. The van der Waals surface area contributed by atoms with Crippen molar-refractivity contribution in [3.63, 3.8) is 0 Å². The van der Waals surface area contributed by atoms with Gasteiger partial charge in [-0.15, -0.1) is 0 Å². The number of aromatic nitrogens is 2. The summed E-state index contributed by atoms with van der Waals surface area (Å²) in [5, 5.41) is 3.92. The SMILES string of the molecule is Cc1ccc(N)c(-c2nc(-c3ccc(F)c(Br)c3)no2)c1. The number of rotatable bonds is 2. The molecule has 0 spiro atoms. The van der Waals surface area contributed by atoms with Crippen LogP contribution in [0.4, 0.5) is 10.1 Å². The normalized spacial score (nSPS) is 10.8. The second kappa shape index (κ2) is 5.29. The molecule has 0 amide bonds. The largest absolute Gasteiger partial charge is 0.398 e. The molecule has 0 saturated carbocycles. The van der Waals surface area contributed by atoms with Gasteiger partial charge in [-0.05, 0) is 53.2 Å². The maximum Gasteiger partial charge on any atom is 0.260 e. The summed E-state index contributed by atoms with van der Waals surface area (Å²) in [6.45, 7) is 1.96. The van der Waals surface area contributed by atoms with E-state index >= 15 is 0 Å².